The van der Waals surface area contributed by atoms with Crippen LogP contribution in [0.2, 0.25) is 5.02 Å². The Labute approximate surface area is 501 Å². The zero-order valence-electron chi connectivity index (χ0n) is 44.5. The number of pyridine rings is 3. The van der Waals surface area contributed by atoms with E-state index >= 15 is 0 Å². The lowest BCUT2D eigenvalue weighted by molar-refractivity contribution is 0.942. The summed E-state index contributed by atoms with van der Waals surface area (Å²) in [5.41, 5.74) is 14.7. The van der Waals surface area contributed by atoms with Gasteiger partial charge < -0.3 is 19.8 Å². The largest absolute Gasteiger partial charge is 0.360 e. The number of nitrogens with one attached hydrogen (secondary N) is 2. The number of rotatable bonds is 3. The monoisotopic (exact) mass is 1200 g/mol. The van der Waals surface area contributed by atoms with Gasteiger partial charge in [0.05, 0.1) is 49.5 Å². The van der Waals surface area contributed by atoms with Crippen LogP contribution in [0.3, 0.4) is 0 Å². The van der Waals surface area contributed by atoms with Crippen molar-refractivity contribution in [2.24, 2.45) is 0 Å². The third-order valence-corrected chi connectivity index (χ3v) is 19.8. The Morgan fingerprint density at radius 3 is 1.60 bits per heavy atom. The van der Waals surface area contributed by atoms with E-state index in [1.807, 2.05) is 34.9 Å². The van der Waals surface area contributed by atoms with Crippen molar-refractivity contribution in [3.63, 3.8) is 0 Å². The Bertz CT molecular complexity index is 5640. The quantitative estimate of drug-likeness (QED) is 0.136. The van der Waals surface area contributed by atoms with Crippen LogP contribution in [0.15, 0.2) is 254 Å². The number of hydrogen-bond acceptors (Lipinski definition) is 7. The number of fused-ring (bicyclic) bond motifs is 23. The van der Waals surface area contributed by atoms with Crippen LogP contribution in [0, 0.1) is 0 Å². The van der Waals surface area contributed by atoms with Crippen molar-refractivity contribution >= 4 is 184 Å². The number of benzene rings is 10. The van der Waals surface area contributed by atoms with Gasteiger partial charge in [-0.05, 0) is 142 Å². The van der Waals surface area contributed by atoms with Gasteiger partial charge in [0.25, 0.3) is 0 Å². The molecule has 10 aromatic carbocycles. The Morgan fingerprint density at radius 2 is 0.952 bits per heavy atom. The molecule has 8 aromatic heterocycles. The van der Waals surface area contributed by atoms with Gasteiger partial charge in [-0.25, -0.2) is 15.0 Å². The molecule has 18 aromatic rings. The highest BCUT2D eigenvalue weighted by Crippen LogP contribution is 2.47. The third-order valence-electron chi connectivity index (χ3n) is 16.4. The van der Waals surface area contributed by atoms with Gasteiger partial charge in [-0.3, -0.25) is 4.40 Å². The summed E-state index contributed by atoms with van der Waals surface area (Å²) >= 11 is 12.5. The van der Waals surface area contributed by atoms with E-state index < -0.39 is 0 Å². The van der Waals surface area contributed by atoms with Gasteiger partial charge in [-0.1, -0.05) is 133 Å². The summed E-state index contributed by atoms with van der Waals surface area (Å²) in [6, 6.07) is 84.4. The molecule has 1 aliphatic heterocycles. The second kappa shape index (κ2) is 19.5. The van der Waals surface area contributed by atoms with Crippen molar-refractivity contribution in [3.8, 4) is 11.4 Å². The molecular weight excluding hydrogens is 1160 g/mol. The first kappa shape index (κ1) is 49.0. The fraction of sp³-hybridized carbons (Fsp3) is 0.0139. The zero-order chi connectivity index (χ0) is 55.6. The number of hydrogen-bond donors (Lipinski definition) is 2. The summed E-state index contributed by atoms with van der Waals surface area (Å²) in [5, 5.41) is 21.7. The Kier molecular flexibility index (Phi) is 11.4. The van der Waals surface area contributed by atoms with Gasteiger partial charge >= 0.3 is 0 Å². The first-order valence-electron chi connectivity index (χ1n) is 27.7. The highest BCUT2D eigenvalue weighted by atomic mass is 79.9. The van der Waals surface area contributed by atoms with E-state index in [9.17, 15) is 0 Å². The molecule has 0 amide bonds. The number of para-hydroxylation sites is 6. The molecule has 19 rings (SSSR count). The van der Waals surface area contributed by atoms with E-state index in [1.54, 1.807) is 18.3 Å². The smallest absolute Gasteiger partial charge is 0.147 e. The van der Waals surface area contributed by atoms with Crippen LogP contribution in [0.25, 0.3) is 134 Å². The minimum absolute atomic E-state index is 0.0426. The van der Waals surface area contributed by atoms with Crippen molar-refractivity contribution in [2.75, 3.05) is 10.6 Å². The van der Waals surface area contributed by atoms with Crippen LogP contribution < -0.4 is 10.6 Å². The summed E-state index contributed by atoms with van der Waals surface area (Å²) in [4.78, 5) is 13.9. The lowest BCUT2D eigenvalue weighted by atomic mass is 10.0. The van der Waals surface area contributed by atoms with Crippen LogP contribution >= 0.6 is 50.2 Å². The number of anilines is 2. The topological polar surface area (TPSA) is 77.0 Å². The molecule has 84 heavy (non-hydrogen) atoms. The van der Waals surface area contributed by atoms with E-state index in [2.05, 4.69) is 263 Å². The minimum atomic E-state index is 0.0426. The number of halogens is 2. The van der Waals surface area contributed by atoms with Crippen molar-refractivity contribution < 1.29 is 0 Å². The van der Waals surface area contributed by atoms with E-state index in [0.29, 0.717) is 9.63 Å². The predicted octanol–water partition coefficient (Wildman–Crippen LogP) is 20.8. The van der Waals surface area contributed by atoms with Crippen LogP contribution in [-0.4, -0.2) is 28.5 Å². The maximum Gasteiger partial charge on any atom is 0.147 e. The third kappa shape index (κ3) is 7.66. The molecule has 0 fully saturated rings. The van der Waals surface area contributed by atoms with Crippen molar-refractivity contribution in [3.05, 3.63) is 264 Å². The molecular formula is C72H44BrClN8S2. The normalized spacial score (nSPS) is 12.5. The molecule has 0 bridgehead atoms. The molecule has 8 nitrogen and oxygen atoms in total. The highest BCUT2D eigenvalue weighted by Gasteiger charge is 2.25. The van der Waals surface area contributed by atoms with Gasteiger partial charge in [0, 0.05) is 96.4 Å². The highest BCUT2D eigenvalue weighted by molar-refractivity contribution is 9.10. The number of nitrogens with zero attached hydrogens (tertiary/aromatic N) is 6. The van der Waals surface area contributed by atoms with E-state index in [0.717, 1.165) is 50.2 Å². The van der Waals surface area contributed by atoms with E-state index in [1.165, 1.54) is 101 Å². The molecule has 0 radical (unpaired) electrons. The summed E-state index contributed by atoms with van der Waals surface area (Å²) < 4.78 is 13.1. The average molecular weight is 1200 g/mol. The summed E-state index contributed by atoms with van der Waals surface area (Å²) in [5.74, 6) is 0. The maximum absolute atomic E-state index is 5.60. The molecule has 0 atom stereocenters. The first-order valence-corrected chi connectivity index (χ1v) is 30.5. The molecule has 398 valence electrons. The molecule has 0 saturated carbocycles. The molecule has 0 spiro atoms. The fourth-order valence-electron chi connectivity index (χ4n) is 12.8. The van der Waals surface area contributed by atoms with Gasteiger partial charge in [-0.15, -0.1) is 22.7 Å². The van der Waals surface area contributed by atoms with Crippen molar-refractivity contribution in [2.45, 2.75) is 6.17 Å². The Morgan fingerprint density at radius 1 is 0.405 bits per heavy atom. The van der Waals surface area contributed by atoms with Crippen LogP contribution in [0.1, 0.15) is 11.7 Å². The fourth-order valence-corrected chi connectivity index (χ4v) is 15.4. The molecule has 1 aliphatic rings. The Balaban J connectivity index is 0.000000118. The Hall–Kier alpha value is -9.62. The number of aromatic nitrogens is 6. The zero-order valence-corrected chi connectivity index (χ0v) is 48.5. The average Bonchev–Trinajstić information content (AvgIpc) is 2.19. The summed E-state index contributed by atoms with van der Waals surface area (Å²) in [6.07, 6.45) is 3.59. The van der Waals surface area contributed by atoms with E-state index in [-0.39, 0.29) is 6.17 Å². The van der Waals surface area contributed by atoms with E-state index in [4.69, 9.17) is 21.6 Å². The van der Waals surface area contributed by atoms with Crippen LogP contribution in [-0.2, 0) is 0 Å². The molecule has 12 heteroatoms. The van der Waals surface area contributed by atoms with Crippen molar-refractivity contribution in [1.82, 2.24) is 28.5 Å². The van der Waals surface area contributed by atoms with Gasteiger partial charge in [0.2, 0.25) is 0 Å². The molecule has 9 heterocycles. The molecule has 0 unspecified atom stereocenters. The second-order valence-electron chi connectivity index (χ2n) is 21.1. The van der Waals surface area contributed by atoms with Crippen molar-refractivity contribution in [1.29, 1.82) is 0 Å². The van der Waals surface area contributed by atoms with Gasteiger partial charge in [0.1, 0.15) is 22.1 Å². The molecule has 0 saturated heterocycles. The minimum Gasteiger partial charge on any atom is -0.360 e. The van der Waals surface area contributed by atoms with Crippen LogP contribution in [0.4, 0.5) is 11.4 Å². The molecule has 2 N–H and O–H groups in total. The number of thiophene rings is 2. The van der Waals surface area contributed by atoms with Crippen LogP contribution in [0.5, 0.6) is 0 Å². The maximum atomic E-state index is 5.60. The SMILES string of the molecule is Clc1cccnc1Br.c1ccc(-n2c3cc(C4Nc5ccccc5N4)ccc3c3ccc4sc5ccccc5c4c32)cc1.c1ccc(-n2c3cc4c(cc3c3ccc5sc6ccccc6c5c32)c2cccnc2n2c3ccccc3nc42)cc1. The lowest BCUT2D eigenvalue weighted by Gasteiger charge is -2.14. The van der Waals surface area contributed by atoms with Gasteiger partial charge in [-0.2, -0.15) is 0 Å². The number of imidazole rings is 1. The standard InChI is InChI=1S/C36H20N4S.C31H21N3S.C5H3BrClN/c1-2-9-21(10-3-1)39-30-20-27-25(23-12-8-18-37-35(23)40-29-14-6-5-13-28(29)38-36(27)40)19-26(30)22-16-17-32-33(34(22)39)24-11-4-7-15-31(24)41-32;1-2-8-20(9-3-1)34-26-18-19(31-32-24-11-5-6-12-25(24)33-31)14-15-21(26)22-16-17-28-29(30(22)34)23-10-4-7-13-27(23)35-28;6-5-4(7)2-1-3-8-5/h1-20H;1-18,31-33H;1-3H. The van der Waals surface area contributed by atoms with Gasteiger partial charge in [0.15, 0.2) is 0 Å². The lowest BCUT2D eigenvalue weighted by Crippen LogP contribution is -2.12. The summed E-state index contributed by atoms with van der Waals surface area (Å²) in [6.45, 7) is 0. The first-order chi connectivity index (χ1) is 41.5. The predicted molar refractivity (Wildman–Crippen MR) is 360 cm³/mol. The summed E-state index contributed by atoms with van der Waals surface area (Å²) in [7, 11) is 0. The molecule has 0 aliphatic carbocycles. The second-order valence-corrected chi connectivity index (χ2v) is 24.4.